The molecule has 0 radical (unpaired) electrons. The largest absolute Gasteiger partial charge is 0.380 e. The van der Waals surface area contributed by atoms with Crippen molar-refractivity contribution in [1.29, 1.82) is 0 Å². The maximum Gasteiger partial charge on any atom is 0.163 e. The smallest absolute Gasteiger partial charge is 0.163 e. The van der Waals surface area contributed by atoms with Crippen LogP contribution in [0.15, 0.2) is 18.2 Å². The highest BCUT2D eigenvalue weighted by molar-refractivity contribution is 5.22. The topological polar surface area (TPSA) is 24.5 Å². The van der Waals surface area contributed by atoms with Crippen molar-refractivity contribution in [3.8, 4) is 0 Å². The molecule has 1 aromatic carbocycles. The fraction of sp³-hybridized carbons (Fsp3) is 0.571. The summed E-state index contributed by atoms with van der Waals surface area (Å²) in [6, 6.07) is 4.01. The third-order valence-electron chi connectivity index (χ3n) is 3.02. The van der Waals surface area contributed by atoms with Crippen LogP contribution in [0.2, 0.25) is 0 Å². The Balaban J connectivity index is 2.64. The Labute approximate surface area is 113 Å². The summed E-state index contributed by atoms with van der Waals surface area (Å²) < 4.78 is 32.2. The average molecular weight is 272 g/mol. The lowest BCUT2D eigenvalue weighted by Crippen LogP contribution is -2.33. The van der Waals surface area contributed by atoms with Gasteiger partial charge in [0.15, 0.2) is 11.6 Å². The summed E-state index contributed by atoms with van der Waals surface area (Å²) in [5, 5.41) is 3.02. The molecule has 0 bridgehead atoms. The molecule has 3 nitrogen and oxygen atoms in total. The summed E-state index contributed by atoms with van der Waals surface area (Å²) in [5.41, 5.74) is 0.353. The van der Waals surface area contributed by atoms with Crippen LogP contribution in [0.4, 0.5) is 8.78 Å². The van der Waals surface area contributed by atoms with Crippen LogP contribution >= 0.6 is 0 Å². The molecule has 0 spiro atoms. The minimum absolute atomic E-state index is 0.248. The van der Waals surface area contributed by atoms with E-state index in [1.807, 2.05) is 18.9 Å². The van der Waals surface area contributed by atoms with Gasteiger partial charge in [-0.15, -0.1) is 0 Å². The second-order valence-corrected chi connectivity index (χ2v) is 4.44. The van der Waals surface area contributed by atoms with E-state index in [0.717, 1.165) is 12.6 Å². The second-order valence-electron chi connectivity index (χ2n) is 4.44. The van der Waals surface area contributed by atoms with Gasteiger partial charge in [-0.1, -0.05) is 12.1 Å². The second kappa shape index (κ2) is 8.19. The van der Waals surface area contributed by atoms with Crippen molar-refractivity contribution >= 4 is 0 Å². The van der Waals surface area contributed by atoms with Crippen molar-refractivity contribution in [2.75, 3.05) is 40.4 Å². The predicted molar refractivity (Wildman–Crippen MR) is 72.1 cm³/mol. The van der Waals surface area contributed by atoms with E-state index in [1.165, 1.54) is 6.07 Å². The standard InChI is InChI=1S/C14H22F2N2O/c1-4-19-9-8-18(3)10-13(17-2)11-6-5-7-12(15)14(11)16/h5-7,13,17H,4,8-10H2,1-3H3. The van der Waals surface area contributed by atoms with Gasteiger partial charge in [-0.25, -0.2) is 8.78 Å². The number of halogens is 2. The van der Waals surface area contributed by atoms with Gasteiger partial charge in [0.25, 0.3) is 0 Å². The molecule has 1 rings (SSSR count). The highest BCUT2D eigenvalue weighted by Gasteiger charge is 2.18. The number of rotatable bonds is 8. The highest BCUT2D eigenvalue weighted by atomic mass is 19.2. The quantitative estimate of drug-likeness (QED) is 0.734. The normalized spacial score (nSPS) is 12.9. The Morgan fingerprint density at radius 1 is 1.37 bits per heavy atom. The molecular weight excluding hydrogens is 250 g/mol. The van der Waals surface area contributed by atoms with Crippen LogP contribution in [0.1, 0.15) is 18.5 Å². The fourth-order valence-corrected chi connectivity index (χ4v) is 1.90. The lowest BCUT2D eigenvalue weighted by molar-refractivity contribution is 0.119. The van der Waals surface area contributed by atoms with Crippen LogP contribution in [0.3, 0.4) is 0 Å². The molecule has 0 aliphatic rings. The SMILES string of the molecule is CCOCCN(C)CC(NC)c1cccc(F)c1F. The zero-order chi connectivity index (χ0) is 14.3. The minimum Gasteiger partial charge on any atom is -0.380 e. The van der Waals surface area contributed by atoms with Gasteiger partial charge in [0.1, 0.15) is 0 Å². The number of benzene rings is 1. The maximum absolute atomic E-state index is 13.7. The first-order valence-corrected chi connectivity index (χ1v) is 6.47. The molecular formula is C14H22F2N2O. The van der Waals surface area contributed by atoms with Gasteiger partial charge in [-0.3, -0.25) is 0 Å². The van der Waals surface area contributed by atoms with Crippen LogP contribution in [0.25, 0.3) is 0 Å². The number of nitrogens with zero attached hydrogens (tertiary/aromatic N) is 1. The van der Waals surface area contributed by atoms with Crippen molar-refractivity contribution in [3.63, 3.8) is 0 Å². The Bertz CT molecular complexity index is 388. The van der Waals surface area contributed by atoms with Crippen LogP contribution in [0, 0.1) is 11.6 Å². The summed E-state index contributed by atoms with van der Waals surface area (Å²) in [5.74, 6) is -1.59. The molecule has 0 saturated heterocycles. The Hall–Kier alpha value is -1.04. The van der Waals surface area contributed by atoms with Gasteiger partial charge in [0, 0.05) is 31.3 Å². The van der Waals surface area contributed by atoms with E-state index in [0.29, 0.717) is 25.3 Å². The van der Waals surface area contributed by atoms with Gasteiger partial charge >= 0.3 is 0 Å². The molecule has 0 fully saturated rings. The van der Waals surface area contributed by atoms with Crippen LogP contribution < -0.4 is 5.32 Å². The highest BCUT2D eigenvalue weighted by Crippen LogP contribution is 2.19. The monoisotopic (exact) mass is 272 g/mol. The molecule has 5 heteroatoms. The van der Waals surface area contributed by atoms with Crippen molar-refractivity contribution in [1.82, 2.24) is 10.2 Å². The predicted octanol–water partition coefficient (Wildman–Crippen LogP) is 2.19. The van der Waals surface area contributed by atoms with E-state index in [9.17, 15) is 8.78 Å². The number of hydrogen-bond acceptors (Lipinski definition) is 3. The molecule has 1 unspecified atom stereocenters. The zero-order valence-electron chi connectivity index (χ0n) is 11.7. The summed E-state index contributed by atoms with van der Waals surface area (Å²) >= 11 is 0. The number of likely N-dealkylation sites (N-methyl/N-ethyl adjacent to an activating group) is 2. The van der Waals surface area contributed by atoms with Crippen molar-refractivity contribution in [2.45, 2.75) is 13.0 Å². The third kappa shape index (κ3) is 4.86. The molecule has 0 saturated carbocycles. The van der Waals surface area contributed by atoms with E-state index >= 15 is 0 Å². The van der Waals surface area contributed by atoms with Gasteiger partial charge in [-0.2, -0.15) is 0 Å². The molecule has 19 heavy (non-hydrogen) atoms. The average Bonchev–Trinajstić information content (AvgIpc) is 2.40. The zero-order valence-corrected chi connectivity index (χ0v) is 11.7. The molecule has 1 N–H and O–H groups in total. The van der Waals surface area contributed by atoms with Gasteiger partial charge in [-0.05, 0) is 27.1 Å². The summed E-state index contributed by atoms with van der Waals surface area (Å²) in [4.78, 5) is 2.03. The summed E-state index contributed by atoms with van der Waals surface area (Å²) in [6.45, 7) is 4.60. The molecule has 108 valence electrons. The Kier molecular flexibility index (Phi) is 6.91. The van der Waals surface area contributed by atoms with Crippen LogP contribution in [0.5, 0.6) is 0 Å². The molecule has 0 heterocycles. The first kappa shape index (κ1) is 16.0. The van der Waals surface area contributed by atoms with Crippen molar-refractivity contribution < 1.29 is 13.5 Å². The first-order valence-electron chi connectivity index (χ1n) is 6.47. The summed E-state index contributed by atoms with van der Waals surface area (Å²) in [6.07, 6.45) is 0. The fourth-order valence-electron chi connectivity index (χ4n) is 1.90. The minimum atomic E-state index is -0.810. The molecule has 1 atom stereocenters. The lowest BCUT2D eigenvalue weighted by Gasteiger charge is -2.24. The van der Waals surface area contributed by atoms with Gasteiger partial charge in [0.2, 0.25) is 0 Å². The third-order valence-corrected chi connectivity index (χ3v) is 3.02. The molecule has 0 aliphatic heterocycles. The van der Waals surface area contributed by atoms with Crippen LogP contribution in [-0.2, 0) is 4.74 Å². The first-order chi connectivity index (χ1) is 9.10. The molecule has 1 aromatic rings. The van der Waals surface area contributed by atoms with Crippen molar-refractivity contribution in [3.05, 3.63) is 35.4 Å². The van der Waals surface area contributed by atoms with E-state index < -0.39 is 11.6 Å². The van der Waals surface area contributed by atoms with Gasteiger partial charge in [0.05, 0.1) is 6.61 Å². The number of hydrogen-bond donors (Lipinski definition) is 1. The van der Waals surface area contributed by atoms with Crippen molar-refractivity contribution in [2.24, 2.45) is 0 Å². The van der Waals surface area contributed by atoms with Crippen LogP contribution in [-0.4, -0.2) is 45.3 Å². The Morgan fingerprint density at radius 2 is 2.11 bits per heavy atom. The van der Waals surface area contributed by atoms with Gasteiger partial charge < -0.3 is 15.0 Å². The van der Waals surface area contributed by atoms with E-state index in [-0.39, 0.29) is 6.04 Å². The number of nitrogens with one attached hydrogen (secondary N) is 1. The van der Waals surface area contributed by atoms with E-state index in [2.05, 4.69) is 5.32 Å². The number of ether oxygens (including phenoxy) is 1. The summed E-state index contributed by atoms with van der Waals surface area (Å²) in [7, 11) is 3.67. The molecule has 0 amide bonds. The lowest BCUT2D eigenvalue weighted by atomic mass is 10.1. The maximum atomic E-state index is 13.7. The Morgan fingerprint density at radius 3 is 2.74 bits per heavy atom. The van der Waals surface area contributed by atoms with E-state index in [1.54, 1.807) is 13.1 Å². The molecule has 0 aliphatic carbocycles. The molecule has 0 aromatic heterocycles. The van der Waals surface area contributed by atoms with E-state index in [4.69, 9.17) is 4.74 Å².